The van der Waals surface area contributed by atoms with Crippen molar-refractivity contribution in [3.05, 3.63) is 12.8 Å². The van der Waals surface area contributed by atoms with Crippen LogP contribution in [0, 0.1) is 18.8 Å². The van der Waals surface area contributed by atoms with E-state index in [1.54, 1.807) is 13.3 Å². The Labute approximate surface area is 115 Å². The molecule has 0 aromatic heterocycles. The predicted octanol–water partition coefficient (Wildman–Crippen LogP) is 1.01. The molecule has 0 aromatic rings. The molecule has 0 unspecified atom stereocenters. The topological polar surface area (TPSA) is 55.4 Å². The maximum absolute atomic E-state index is 11.7. The van der Waals surface area contributed by atoms with Crippen LogP contribution in [0.5, 0.6) is 0 Å². The van der Waals surface area contributed by atoms with E-state index in [9.17, 15) is 9.59 Å². The summed E-state index contributed by atoms with van der Waals surface area (Å²) in [5.41, 5.74) is 0. The largest absolute Gasteiger partial charge is 2.00 e. The van der Waals surface area contributed by atoms with E-state index in [0.717, 1.165) is 19.3 Å². The van der Waals surface area contributed by atoms with Gasteiger partial charge in [-0.1, -0.05) is 0 Å². The van der Waals surface area contributed by atoms with E-state index < -0.39 is 0 Å². The normalized spacial score (nSPS) is 31.6. The van der Waals surface area contributed by atoms with Gasteiger partial charge in [0.1, 0.15) is 6.10 Å². The molecule has 0 radical (unpaired) electrons. The summed E-state index contributed by atoms with van der Waals surface area (Å²) >= 11 is 0. The van der Waals surface area contributed by atoms with Crippen LogP contribution in [0.25, 0.3) is 0 Å². The fraction of sp³-hybridized carbons (Fsp3) is 0.667. The Hall–Kier alpha value is -0.567. The molecule has 2 fully saturated rings. The minimum Gasteiger partial charge on any atom is -0.460 e. The van der Waals surface area contributed by atoms with Crippen LogP contribution in [0.15, 0.2) is 0 Å². The van der Waals surface area contributed by atoms with E-state index in [-0.39, 0.29) is 49.9 Å². The second-order valence-electron chi connectivity index (χ2n) is 4.54. The van der Waals surface area contributed by atoms with E-state index in [1.807, 2.05) is 0 Å². The molecule has 0 spiro atoms. The smallest absolute Gasteiger partial charge is 0.460 e. The molecule has 1 heterocycles. The molecule has 1 saturated carbocycles. The SMILES string of the molecule is C[C@@H]1OC(=O)C[C@@H]1NC(=O)[CH-][C@@H]1C[CH-]CC1.[Zn+2]. The van der Waals surface area contributed by atoms with Crippen LogP contribution >= 0.6 is 0 Å². The number of esters is 1. The van der Waals surface area contributed by atoms with Crippen LogP contribution in [0.4, 0.5) is 0 Å². The summed E-state index contributed by atoms with van der Waals surface area (Å²) in [6.45, 7) is 1.80. The Balaban J connectivity index is 0.00000144. The molecule has 1 N–H and O–H groups in total. The van der Waals surface area contributed by atoms with Crippen molar-refractivity contribution < 1.29 is 33.8 Å². The molecule has 4 nitrogen and oxygen atoms in total. The average Bonchev–Trinajstić information content (AvgIpc) is 2.78. The molecule has 0 bridgehead atoms. The van der Waals surface area contributed by atoms with Gasteiger partial charge in [-0.15, -0.1) is 6.42 Å². The fourth-order valence-corrected chi connectivity index (χ4v) is 2.23. The molecule has 1 amide bonds. The molecule has 1 saturated heterocycles. The van der Waals surface area contributed by atoms with E-state index in [4.69, 9.17) is 4.74 Å². The van der Waals surface area contributed by atoms with E-state index in [1.165, 1.54) is 0 Å². The van der Waals surface area contributed by atoms with Gasteiger partial charge in [-0.25, -0.2) is 6.42 Å². The number of hydrogen-bond donors (Lipinski definition) is 1. The van der Waals surface area contributed by atoms with Gasteiger partial charge < -0.3 is 27.7 Å². The molecule has 3 atom stereocenters. The van der Waals surface area contributed by atoms with Gasteiger partial charge in [0.15, 0.2) is 0 Å². The van der Waals surface area contributed by atoms with Crippen molar-refractivity contribution in [1.82, 2.24) is 5.32 Å². The molecule has 90 valence electrons. The van der Waals surface area contributed by atoms with Crippen LogP contribution in [-0.4, -0.2) is 24.0 Å². The van der Waals surface area contributed by atoms with Crippen molar-refractivity contribution in [3.63, 3.8) is 0 Å². The summed E-state index contributed by atoms with van der Waals surface area (Å²) < 4.78 is 4.97. The predicted molar refractivity (Wildman–Crippen MR) is 58.0 cm³/mol. The Morgan fingerprint density at radius 1 is 1.59 bits per heavy atom. The first-order valence-electron chi connectivity index (χ1n) is 5.81. The number of amides is 1. The van der Waals surface area contributed by atoms with Gasteiger partial charge >= 0.3 is 25.4 Å². The van der Waals surface area contributed by atoms with Gasteiger partial charge in [0, 0.05) is 0 Å². The van der Waals surface area contributed by atoms with E-state index in [0.29, 0.717) is 5.92 Å². The summed E-state index contributed by atoms with van der Waals surface area (Å²) in [5.74, 6) is 0.0655. The molecule has 5 heteroatoms. The Morgan fingerprint density at radius 3 is 2.88 bits per heavy atom. The third kappa shape index (κ3) is 3.99. The van der Waals surface area contributed by atoms with Crippen LogP contribution in [-0.2, 0) is 33.8 Å². The van der Waals surface area contributed by atoms with Crippen LogP contribution < -0.4 is 5.32 Å². The van der Waals surface area contributed by atoms with E-state index in [2.05, 4.69) is 11.7 Å². The second-order valence-corrected chi connectivity index (χ2v) is 4.54. The van der Waals surface area contributed by atoms with Crippen molar-refractivity contribution in [2.75, 3.05) is 0 Å². The fourth-order valence-electron chi connectivity index (χ4n) is 2.23. The first-order chi connectivity index (χ1) is 7.65. The second kappa shape index (κ2) is 6.39. The summed E-state index contributed by atoms with van der Waals surface area (Å²) in [7, 11) is 0. The summed E-state index contributed by atoms with van der Waals surface area (Å²) in [4.78, 5) is 22.7. The van der Waals surface area contributed by atoms with Crippen molar-refractivity contribution in [2.24, 2.45) is 5.92 Å². The maximum atomic E-state index is 11.7. The van der Waals surface area contributed by atoms with Gasteiger partial charge in [-0.2, -0.15) is 12.3 Å². The van der Waals surface area contributed by atoms with Gasteiger partial charge in [-0.3, -0.25) is 4.79 Å². The van der Waals surface area contributed by atoms with Gasteiger partial charge in [0.05, 0.1) is 18.4 Å². The Bertz CT molecular complexity index is 289. The quantitative estimate of drug-likeness (QED) is 0.479. The minimum absolute atomic E-state index is 0. The summed E-state index contributed by atoms with van der Waals surface area (Å²) in [5, 5.41) is 2.83. The Morgan fingerprint density at radius 2 is 2.35 bits per heavy atom. The number of carbonyl (C=O) groups is 2. The molecular formula is C12H17NO3Zn. The molecule has 1 aliphatic heterocycles. The maximum Gasteiger partial charge on any atom is 2.00 e. The molecule has 0 aromatic carbocycles. The van der Waals surface area contributed by atoms with Gasteiger partial charge in [0.2, 0.25) is 0 Å². The van der Waals surface area contributed by atoms with Crippen LogP contribution in [0.2, 0.25) is 0 Å². The number of carbonyl (C=O) groups excluding carboxylic acids is 2. The molecule has 1 aliphatic carbocycles. The van der Waals surface area contributed by atoms with Crippen molar-refractivity contribution in [3.8, 4) is 0 Å². The molecule has 2 rings (SSSR count). The standard InChI is InChI=1S/C12H17NO3.Zn/c1-8-10(7-12(15)16-8)13-11(14)6-9-4-2-3-5-9;/h2,6,8-10H,3-5,7H2,1H3,(H,13,14);/q-2;+2/t8-,9+,10-;/m0./s1. The van der Waals surface area contributed by atoms with Gasteiger partial charge in [-0.05, 0) is 6.92 Å². The number of hydrogen-bond acceptors (Lipinski definition) is 3. The van der Waals surface area contributed by atoms with Crippen LogP contribution in [0.1, 0.15) is 32.6 Å². The van der Waals surface area contributed by atoms with Gasteiger partial charge in [0.25, 0.3) is 0 Å². The first-order valence-corrected chi connectivity index (χ1v) is 5.81. The zero-order valence-corrected chi connectivity index (χ0v) is 13.1. The Kier molecular flexibility index (Phi) is 5.45. The summed E-state index contributed by atoms with van der Waals surface area (Å²) in [6.07, 6.45) is 7.16. The third-order valence-electron chi connectivity index (χ3n) is 3.20. The number of cyclic esters (lactones) is 1. The van der Waals surface area contributed by atoms with Crippen molar-refractivity contribution >= 4 is 11.9 Å². The molecular weight excluding hydrogens is 272 g/mol. The van der Waals surface area contributed by atoms with Crippen molar-refractivity contribution in [2.45, 2.75) is 44.8 Å². The van der Waals surface area contributed by atoms with Crippen LogP contribution in [0.3, 0.4) is 0 Å². The molecule has 2 aliphatic rings. The minimum atomic E-state index is -0.230. The third-order valence-corrected chi connectivity index (χ3v) is 3.20. The zero-order valence-electron chi connectivity index (χ0n) is 10.1. The summed E-state index contributed by atoms with van der Waals surface area (Å²) in [6, 6.07) is -0.165. The molecule has 17 heavy (non-hydrogen) atoms. The average molecular weight is 289 g/mol. The monoisotopic (exact) mass is 287 g/mol. The van der Waals surface area contributed by atoms with E-state index >= 15 is 0 Å². The number of ether oxygens (including phenoxy) is 1. The zero-order chi connectivity index (χ0) is 11.5. The first kappa shape index (κ1) is 14.5. The number of nitrogens with one attached hydrogen (secondary N) is 1. The van der Waals surface area contributed by atoms with Crippen molar-refractivity contribution in [1.29, 1.82) is 0 Å². The number of rotatable bonds is 3.